The van der Waals surface area contributed by atoms with E-state index < -0.39 is 10.0 Å². The van der Waals surface area contributed by atoms with Crippen LogP contribution in [-0.2, 0) is 14.8 Å². The molecule has 0 unspecified atom stereocenters. The van der Waals surface area contributed by atoms with Crippen molar-refractivity contribution in [2.75, 3.05) is 26.4 Å². The summed E-state index contributed by atoms with van der Waals surface area (Å²) in [6, 6.07) is 4.81. The van der Waals surface area contributed by atoms with Gasteiger partial charge in [0.15, 0.2) is 0 Å². The molecule has 1 fully saturated rings. The summed E-state index contributed by atoms with van der Waals surface area (Å²) in [6.45, 7) is 5.48. The molecule has 6 nitrogen and oxygen atoms in total. The second kappa shape index (κ2) is 7.80. The Kier molecular flexibility index (Phi) is 6.05. The Morgan fingerprint density at radius 3 is 2.68 bits per heavy atom. The van der Waals surface area contributed by atoms with Crippen LogP contribution in [0.3, 0.4) is 0 Å². The quantitative estimate of drug-likeness (QED) is 0.789. The predicted molar refractivity (Wildman–Crippen MR) is 82.9 cm³/mol. The van der Waals surface area contributed by atoms with Gasteiger partial charge in [-0.15, -0.1) is 0 Å². The van der Waals surface area contributed by atoms with Gasteiger partial charge in [0.1, 0.15) is 16.4 Å². The van der Waals surface area contributed by atoms with Crippen molar-refractivity contribution in [2.24, 2.45) is 0 Å². The van der Waals surface area contributed by atoms with E-state index in [-0.39, 0.29) is 17.5 Å². The topological polar surface area (TPSA) is 73.9 Å². The zero-order chi connectivity index (χ0) is 16.0. The summed E-state index contributed by atoms with van der Waals surface area (Å²) in [5.74, 6) is 0.828. The Hall–Kier alpha value is -1.31. The van der Waals surface area contributed by atoms with Gasteiger partial charge in [-0.05, 0) is 38.8 Å². The number of nitrogens with one attached hydrogen (secondary N) is 1. The third-order valence-electron chi connectivity index (χ3n) is 3.34. The van der Waals surface area contributed by atoms with Crippen LogP contribution in [0.2, 0.25) is 0 Å². The molecule has 1 aromatic rings. The van der Waals surface area contributed by atoms with Crippen molar-refractivity contribution in [3.63, 3.8) is 0 Å². The highest BCUT2D eigenvalue weighted by molar-refractivity contribution is 7.89. The van der Waals surface area contributed by atoms with Gasteiger partial charge in [0.25, 0.3) is 0 Å². The van der Waals surface area contributed by atoms with E-state index in [9.17, 15) is 8.42 Å². The van der Waals surface area contributed by atoms with Gasteiger partial charge in [-0.25, -0.2) is 13.1 Å². The molecule has 1 aliphatic rings. The van der Waals surface area contributed by atoms with Gasteiger partial charge in [0.05, 0.1) is 19.3 Å². The molecular formula is C15H23NO5S. The van der Waals surface area contributed by atoms with Gasteiger partial charge in [-0.3, -0.25) is 0 Å². The largest absolute Gasteiger partial charge is 0.494 e. The highest BCUT2D eigenvalue weighted by atomic mass is 32.2. The molecule has 1 aromatic carbocycles. The lowest BCUT2D eigenvalue weighted by Gasteiger charge is -2.15. The lowest BCUT2D eigenvalue weighted by Crippen LogP contribution is -2.32. The SMILES string of the molecule is CCOc1ccc(OCC)c(S(=O)(=O)NC[C@@H]2CCCO2)c1. The maximum absolute atomic E-state index is 12.5. The molecular weight excluding hydrogens is 306 g/mol. The minimum atomic E-state index is -3.68. The van der Waals surface area contributed by atoms with E-state index in [1.807, 2.05) is 13.8 Å². The first-order valence-electron chi connectivity index (χ1n) is 7.57. The number of benzene rings is 1. The van der Waals surface area contributed by atoms with Gasteiger partial charge < -0.3 is 14.2 Å². The molecule has 0 spiro atoms. The molecule has 0 amide bonds. The van der Waals surface area contributed by atoms with Crippen molar-refractivity contribution in [2.45, 2.75) is 37.7 Å². The van der Waals surface area contributed by atoms with E-state index in [2.05, 4.69) is 4.72 Å². The summed E-state index contributed by atoms with van der Waals surface area (Å²) >= 11 is 0. The zero-order valence-corrected chi connectivity index (χ0v) is 13.8. The van der Waals surface area contributed by atoms with Gasteiger partial charge in [-0.2, -0.15) is 0 Å². The molecule has 124 valence electrons. The molecule has 0 saturated carbocycles. The van der Waals surface area contributed by atoms with Crippen molar-refractivity contribution in [3.8, 4) is 11.5 Å². The first-order chi connectivity index (χ1) is 10.6. The molecule has 0 radical (unpaired) electrons. The van der Waals surface area contributed by atoms with E-state index in [0.717, 1.165) is 12.8 Å². The molecule has 1 atom stereocenters. The van der Waals surface area contributed by atoms with Crippen LogP contribution in [-0.4, -0.2) is 40.9 Å². The monoisotopic (exact) mass is 329 g/mol. The number of rotatable bonds is 8. The van der Waals surface area contributed by atoms with Crippen LogP contribution >= 0.6 is 0 Å². The van der Waals surface area contributed by atoms with Crippen LogP contribution in [0.25, 0.3) is 0 Å². The molecule has 1 heterocycles. The molecule has 7 heteroatoms. The van der Waals surface area contributed by atoms with Gasteiger partial charge in [0, 0.05) is 19.2 Å². The number of sulfonamides is 1. The second-order valence-corrected chi connectivity index (χ2v) is 6.70. The first-order valence-corrected chi connectivity index (χ1v) is 9.06. The molecule has 1 saturated heterocycles. The highest BCUT2D eigenvalue weighted by Crippen LogP contribution is 2.28. The summed E-state index contributed by atoms with van der Waals surface area (Å²) in [4.78, 5) is 0.0956. The van der Waals surface area contributed by atoms with Crippen LogP contribution in [0.1, 0.15) is 26.7 Å². The van der Waals surface area contributed by atoms with Gasteiger partial charge in [0.2, 0.25) is 10.0 Å². The van der Waals surface area contributed by atoms with Crippen LogP contribution in [0, 0.1) is 0 Å². The zero-order valence-electron chi connectivity index (χ0n) is 13.0. The molecule has 0 bridgehead atoms. The van der Waals surface area contributed by atoms with Crippen molar-refractivity contribution in [3.05, 3.63) is 18.2 Å². The normalized spacial score (nSPS) is 18.4. The van der Waals surface area contributed by atoms with E-state index >= 15 is 0 Å². The Labute approximate surface area is 131 Å². The van der Waals surface area contributed by atoms with Crippen molar-refractivity contribution in [1.29, 1.82) is 0 Å². The van der Waals surface area contributed by atoms with Crippen molar-refractivity contribution < 1.29 is 22.6 Å². The van der Waals surface area contributed by atoms with E-state index in [1.54, 1.807) is 12.1 Å². The third kappa shape index (κ3) is 4.34. The fraction of sp³-hybridized carbons (Fsp3) is 0.600. The summed E-state index contributed by atoms with van der Waals surface area (Å²) in [5.41, 5.74) is 0. The number of ether oxygens (including phenoxy) is 3. The third-order valence-corrected chi connectivity index (χ3v) is 4.79. The van der Waals surface area contributed by atoms with Gasteiger partial charge in [-0.1, -0.05) is 0 Å². The van der Waals surface area contributed by atoms with E-state index in [4.69, 9.17) is 14.2 Å². The molecule has 1 N–H and O–H groups in total. The van der Waals surface area contributed by atoms with Gasteiger partial charge >= 0.3 is 0 Å². The Balaban J connectivity index is 2.19. The Morgan fingerprint density at radius 1 is 1.27 bits per heavy atom. The molecule has 0 aliphatic carbocycles. The first kappa shape index (κ1) is 17.1. The molecule has 22 heavy (non-hydrogen) atoms. The van der Waals surface area contributed by atoms with Crippen LogP contribution in [0.4, 0.5) is 0 Å². The maximum atomic E-state index is 12.5. The van der Waals surface area contributed by atoms with Crippen LogP contribution in [0.15, 0.2) is 23.1 Å². The minimum Gasteiger partial charge on any atom is -0.494 e. The van der Waals surface area contributed by atoms with Crippen LogP contribution in [0.5, 0.6) is 11.5 Å². The Bertz CT molecular complexity index is 582. The molecule has 2 rings (SSSR count). The highest BCUT2D eigenvalue weighted by Gasteiger charge is 2.23. The maximum Gasteiger partial charge on any atom is 0.244 e. The number of hydrogen-bond acceptors (Lipinski definition) is 5. The smallest absolute Gasteiger partial charge is 0.244 e. The number of hydrogen-bond donors (Lipinski definition) is 1. The average Bonchev–Trinajstić information content (AvgIpc) is 3.01. The lowest BCUT2D eigenvalue weighted by atomic mass is 10.2. The predicted octanol–water partition coefficient (Wildman–Crippen LogP) is 1.94. The van der Waals surface area contributed by atoms with E-state index in [1.165, 1.54) is 6.07 Å². The lowest BCUT2D eigenvalue weighted by molar-refractivity contribution is 0.114. The summed E-state index contributed by atoms with van der Waals surface area (Å²) in [7, 11) is -3.68. The molecule has 1 aliphatic heterocycles. The Morgan fingerprint density at radius 2 is 2.05 bits per heavy atom. The summed E-state index contributed by atoms with van der Waals surface area (Å²) in [6.07, 6.45) is 1.79. The van der Waals surface area contributed by atoms with Crippen LogP contribution < -0.4 is 14.2 Å². The van der Waals surface area contributed by atoms with Crippen molar-refractivity contribution >= 4 is 10.0 Å². The second-order valence-electron chi connectivity index (χ2n) is 4.96. The minimum absolute atomic E-state index is 0.0552. The summed E-state index contributed by atoms with van der Waals surface area (Å²) < 4.78 is 43.9. The molecule has 0 aromatic heterocycles. The summed E-state index contributed by atoms with van der Waals surface area (Å²) in [5, 5.41) is 0. The fourth-order valence-electron chi connectivity index (χ4n) is 2.32. The van der Waals surface area contributed by atoms with Crippen molar-refractivity contribution in [1.82, 2.24) is 4.72 Å². The standard InChI is InChI=1S/C15H23NO5S/c1-3-19-12-7-8-14(20-4-2)15(10-12)22(17,18)16-11-13-6-5-9-21-13/h7-8,10,13,16H,3-6,9,11H2,1-2H3/t13-/m0/s1. The fourth-order valence-corrected chi connectivity index (χ4v) is 3.54. The average molecular weight is 329 g/mol. The van der Waals surface area contributed by atoms with E-state index in [0.29, 0.717) is 31.3 Å².